The van der Waals surface area contributed by atoms with Crippen LogP contribution < -0.4 is 10.6 Å². The van der Waals surface area contributed by atoms with Crippen molar-refractivity contribution in [2.24, 2.45) is 11.8 Å². The average molecular weight is 194 g/mol. The highest BCUT2D eigenvalue weighted by atomic mass is 16.2. The van der Waals surface area contributed by atoms with E-state index in [2.05, 4.69) is 10.6 Å². The van der Waals surface area contributed by atoms with E-state index < -0.39 is 0 Å². The Balaban J connectivity index is 1.58. The maximum atomic E-state index is 11.4. The molecule has 0 aromatic heterocycles. The molecule has 2 saturated carbocycles. The van der Waals surface area contributed by atoms with Gasteiger partial charge in [0.15, 0.2) is 0 Å². The molecule has 0 aromatic rings. The van der Waals surface area contributed by atoms with Crippen molar-refractivity contribution in [1.82, 2.24) is 10.6 Å². The highest BCUT2D eigenvalue weighted by molar-refractivity contribution is 5.83. The molecular weight excluding hydrogens is 176 g/mol. The van der Waals surface area contributed by atoms with Crippen LogP contribution in [0.25, 0.3) is 0 Å². The summed E-state index contributed by atoms with van der Waals surface area (Å²) in [6.07, 6.45) is 6.45. The molecule has 3 heteroatoms. The summed E-state index contributed by atoms with van der Waals surface area (Å²) >= 11 is 0. The summed E-state index contributed by atoms with van der Waals surface area (Å²) in [5.41, 5.74) is 0. The lowest BCUT2D eigenvalue weighted by molar-refractivity contribution is -0.121. The zero-order valence-electron chi connectivity index (χ0n) is 8.46. The first-order chi connectivity index (χ1) is 6.84. The first kappa shape index (κ1) is 8.72. The number of carbonyl (C=O) groups excluding carboxylic acids is 1. The van der Waals surface area contributed by atoms with Crippen LogP contribution in [0.4, 0.5) is 0 Å². The molecule has 0 bridgehead atoms. The fourth-order valence-electron chi connectivity index (χ4n) is 3.13. The predicted molar refractivity (Wildman–Crippen MR) is 53.8 cm³/mol. The zero-order chi connectivity index (χ0) is 9.54. The number of fused-ring (bicyclic) bond motifs is 1. The molecule has 1 saturated heterocycles. The van der Waals surface area contributed by atoms with Crippen molar-refractivity contribution in [2.45, 2.75) is 44.2 Å². The molecule has 1 heterocycles. The average Bonchev–Trinajstić information content (AvgIpc) is 2.87. The summed E-state index contributed by atoms with van der Waals surface area (Å²) in [5.74, 6) is 2.11. The minimum Gasteiger partial charge on any atom is -0.355 e. The van der Waals surface area contributed by atoms with Gasteiger partial charge in [-0.3, -0.25) is 4.79 Å². The number of hydrogen-bond acceptors (Lipinski definition) is 2. The second-order valence-corrected chi connectivity index (χ2v) is 5.00. The van der Waals surface area contributed by atoms with E-state index in [1.54, 1.807) is 0 Å². The van der Waals surface area contributed by atoms with Crippen molar-refractivity contribution in [3.8, 4) is 0 Å². The lowest BCUT2D eigenvalue weighted by Crippen LogP contribution is -2.44. The molecule has 2 unspecified atom stereocenters. The topological polar surface area (TPSA) is 41.1 Å². The molecule has 3 aliphatic rings. The van der Waals surface area contributed by atoms with E-state index in [1.165, 1.54) is 25.7 Å². The van der Waals surface area contributed by atoms with Crippen molar-refractivity contribution < 1.29 is 4.79 Å². The minimum absolute atomic E-state index is 0.111. The second kappa shape index (κ2) is 3.23. The predicted octanol–water partition coefficient (Wildman–Crippen LogP) is 0.653. The van der Waals surface area contributed by atoms with Crippen LogP contribution in [-0.4, -0.2) is 24.5 Å². The van der Waals surface area contributed by atoms with Gasteiger partial charge in [-0.1, -0.05) is 12.8 Å². The Morgan fingerprint density at radius 2 is 2.21 bits per heavy atom. The molecule has 14 heavy (non-hydrogen) atoms. The quantitative estimate of drug-likeness (QED) is 0.678. The van der Waals surface area contributed by atoms with E-state index in [-0.39, 0.29) is 11.9 Å². The first-order valence-corrected chi connectivity index (χ1v) is 5.88. The summed E-state index contributed by atoms with van der Waals surface area (Å²) in [4.78, 5) is 11.4. The Bertz CT molecular complexity index is 254. The lowest BCUT2D eigenvalue weighted by atomic mass is 9.94. The molecule has 2 aliphatic carbocycles. The fraction of sp³-hybridized carbons (Fsp3) is 0.909. The highest BCUT2D eigenvalue weighted by Crippen LogP contribution is 2.49. The van der Waals surface area contributed by atoms with E-state index in [4.69, 9.17) is 0 Å². The molecule has 4 atom stereocenters. The van der Waals surface area contributed by atoms with E-state index in [1.807, 2.05) is 0 Å². The number of carbonyl (C=O) groups is 1. The third kappa shape index (κ3) is 1.44. The Hall–Kier alpha value is -0.570. The summed E-state index contributed by atoms with van der Waals surface area (Å²) < 4.78 is 0. The molecule has 1 aliphatic heterocycles. The molecule has 3 rings (SSSR count). The van der Waals surface area contributed by atoms with Gasteiger partial charge in [-0.05, 0) is 31.1 Å². The van der Waals surface area contributed by atoms with Crippen LogP contribution >= 0.6 is 0 Å². The van der Waals surface area contributed by atoms with Gasteiger partial charge in [-0.25, -0.2) is 0 Å². The van der Waals surface area contributed by atoms with Crippen LogP contribution in [0.15, 0.2) is 0 Å². The Labute approximate surface area is 84.6 Å². The smallest absolute Gasteiger partial charge is 0.237 e. The van der Waals surface area contributed by atoms with Gasteiger partial charge in [0.1, 0.15) is 0 Å². The number of rotatable bonds is 2. The summed E-state index contributed by atoms with van der Waals surface area (Å²) in [6, 6.07) is 0.752. The van der Waals surface area contributed by atoms with Gasteiger partial charge in [-0.2, -0.15) is 0 Å². The third-order valence-corrected chi connectivity index (χ3v) is 4.05. The van der Waals surface area contributed by atoms with E-state index in [0.29, 0.717) is 6.04 Å². The van der Waals surface area contributed by atoms with Gasteiger partial charge >= 0.3 is 0 Å². The molecule has 78 valence electrons. The molecule has 3 nitrogen and oxygen atoms in total. The van der Waals surface area contributed by atoms with Crippen LogP contribution in [0.3, 0.4) is 0 Å². The van der Waals surface area contributed by atoms with Gasteiger partial charge in [0.2, 0.25) is 5.91 Å². The molecule has 0 spiro atoms. The molecule has 1 amide bonds. The Kier molecular flexibility index (Phi) is 2.01. The number of amides is 1. The molecule has 0 aromatic carbocycles. The maximum absolute atomic E-state index is 11.4. The van der Waals surface area contributed by atoms with Crippen molar-refractivity contribution in [1.29, 1.82) is 0 Å². The molecular formula is C11H18N2O. The normalized spacial score (nSPS) is 45.9. The van der Waals surface area contributed by atoms with Crippen molar-refractivity contribution >= 4 is 5.91 Å². The van der Waals surface area contributed by atoms with Gasteiger partial charge in [-0.15, -0.1) is 0 Å². The number of nitrogens with one attached hydrogen (secondary N) is 2. The van der Waals surface area contributed by atoms with Gasteiger partial charge < -0.3 is 10.6 Å². The zero-order valence-corrected chi connectivity index (χ0v) is 8.46. The maximum Gasteiger partial charge on any atom is 0.237 e. The van der Waals surface area contributed by atoms with Crippen LogP contribution in [0.1, 0.15) is 32.1 Å². The van der Waals surface area contributed by atoms with Crippen LogP contribution in [0.2, 0.25) is 0 Å². The van der Waals surface area contributed by atoms with Crippen LogP contribution in [-0.2, 0) is 4.79 Å². The Morgan fingerprint density at radius 1 is 1.29 bits per heavy atom. The lowest BCUT2D eigenvalue weighted by Gasteiger charge is -2.25. The van der Waals surface area contributed by atoms with Gasteiger partial charge in [0, 0.05) is 12.6 Å². The second-order valence-electron chi connectivity index (χ2n) is 5.00. The minimum atomic E-state index is 0.111. The Morgan fingerprint density at radius 3 is 3.00 bits per heavy atom. The van der Waals surface area contributed by atoms with Crippen molar-refractivity contribution in [3.05, 3.63) is 0 Å². The van der Waals surface area contributed by atoms with Gasteiger partial charge in [0.05, 0.1) is 6.04 Å². The third-order valence-electron chi connectivity index (χ3n) is 4.05. The monoisotopic (exact) mass is 194 g/mol. The first-order valence-electron chi connectivity index (χ1n) is 5.88. The summed E-state index contributed by atoms with van der Waals surface area (Å²) in [6.45, 7) is 0.858. The molecule has 0 radical (unpaired) electrons. The fourth-order valence-corrected chi connectivity index (χ4v) is 3.13. The van der Waals surface area contributed by atoms with Crippen molar-refractivity contribution in [2.75, 3.05) is 6.54 Å². The summed E-state index contributed by atoms with van der Waals surface area (Å²) in [7, 11) is 0. The van der Waals surface area contributed by atoms with Crippen LogP contribution in [0.5, 0.6) is 0 Å². The number of hydrogen-bond donors (Lipinski definition) is 2. The van der Waals surface area contributed by atoms with Crippen molar-refractivity contribution in [3.63, 3.8) is 0 Å². The highest BCUT2D eigenvalue weighted by Gasteiger charge is 2.46. The van der Waals surface area contributed by atoms with E-state index >= 15 is 0 Å². The van der Waals surface area contributed by atoms with Gasteiger partial charge in [0.25, 0.3) is 0 Å². The van der Waals surface area contributed by atoms with E-state index in [0.717, 1.165) is 24.8 Å². The standard InChI is InChI=1S/C11H18N2O/c14-11-10(4-5-12-11)13-9-3-1-2-7-6-8(7)9/h7-10,13H,1-6H2,(H,12,14)/t7-,8+,9?,10?/m1/s1. The molecule has 3 fully saturated rings. The molecule has 2 N–H and O–H groups in total. The SMILES string of the molecule is O=C1NCCC1NC1CCC[C@@H]2C[C@H]12. The van der Waals surface area contributed by atoms with E-state index in [9.17, 15) is 4.79 Å². The van der Waals surface area contributed by atoms with Crippen LogP contribution in [0, 0.1) is 11.8 Å². The summed E-state index contributed by atoms with van der Waals surface area (Å²) in [5, 5.41) is 6.43. The largest absolute Gasteiger partial charge is 0.355 e.